The van der Waals surface area contributed by atoms with Crippen LogP contribution in [0.3, 0.4) is 0 Å². The molecular weight excluding hydrogens is 205 g/mol. The minimum Gasteiger partial charge on any atom is -0.215 e. The molecule has 0 amide bonds. The van der Waals surface area contributed by atoms with E-state index < -0.39 is 0 Å². The second-order valence-corrected chi connectivity index (χ2v) is 3.42. The maximum Gasteiger partial charge on any atom is 0.155 e. The number of nitrogens with zero attached hydrogens (tertiary/aromatic N) is 3. The highest BCUT2D eigenvalue weighted by Gasteiger charge is 2.08. The standard InChI is InChI=1S/C12H8FN3/c13-10-5-2-1-4-9(10)11-6-3-7-12-14-8-15-16(11)12/h1-8H. The molecule has 0 saturated heterocycles. The SMILES string of the molecule is Fc1ccccc1-c1cccc2ncnn12. The van der Waals surface area contributed by atoms with Gasteiger partial charge in [0.15, 0.2) is 5.65 Å². The highest BCUT2D eigenvalue weighted by atomic mass is 19.1. The fourth-order valence-corrected chi connectivity index (χ4v) is 1.72. The minimum absolute atomic E-state index is 0.259. The van der Waals surface area contributed by atoms with Crippen molar-refractivity contribution in [3.63, 3.8) is 0 Å². The Morgan fingerprint density at radius 1 is 1.00 bits per heavy atom. The van der Waals surface area contributed by atoms with Gasteiger partial charge in [-0.05, 0) is 24.3 Å². The quantitative estimate of drug-likeness (QED) is 0.621. The van der Waals surface area contributed by atoms with Gasteiger partial charge in [0.1, 0.15) is 12.1 Å². The molecular formula is C12H8FN3. The molecule has 0 atom stereocenters. The Hall–Kier alpha value is -2.23. The van der Waals surface area contributed by atoms with Crippen LogP contribution in [-0.2, 0) is 0 Å². The van der Waals surface area contributed by atoms with E-state index >= 15 is 0 Å². The van der Waals surface area contributed by atoms with E-state index in [0.29, 0.717) is 16.9 Å². The van der Waals surface area contributed by atoms with Gasteiger partial charge in [-0.2, -0.15) is 5.10 Å². The summed E-state index contributed by atoms with van der Waals surface area (Å²) in [5.74, 6) is -0.259. The van der Waals surface area contributed by atoms with Crippen molar-refractivity contribution >= 4 is 5.65 Å². The summed E-state index contributed by atoms with van der Waals surface area (Å²) in [7, 11) is 0. The van der Waals surface area contributed by atoms with E-state index in [1.807, 2.05) is 18.2 Å². The van der Waals surface area contributed by atoms with E-state index in [0.717, 1.165) is 0 Å². The topological polar surface area (TPSA) is 30.2 Å². The van der Waals surface area contributed by atoms with Crippen LogP contribution in [-0.4, -0.2) is 14.6 Å². The predicted molar refractivity (Wildman–Crippen MR) is 58.4 cm³/mol. The van der Waals surface area contributed by atoms with E-state index in [1.165, 1.54) is 12.4 Å². The van der Waals surface area contributed by atoms with Crippen LogP contribution in [0.1, 0.15) is 0 Å². The van der Waals surface area contributed by atoms with E-state index in [2.05, 4.69) is 10.1 Å². The Balaban J connectivity index is 2.34. The van der Waals surface area contributed by atoms with Crippen molar-refractivity contribution in [1.29, 1.82) is 0 Å². The summed E-state index contributed by atoms with van der Waals surface area (Å²) in [6.45, 7) is 0. The molecule has 0 fully saturated rings. The van der Waals surface area contributed by atoms with Crippen LogP contribution in [0, 0.1) is 5.82 Å². The molecule has 78 valence electrons. The Labute approximate surface area is 91.2 Å². The summed E-state index contributed by atoms with van der Waals surface area (Å²) in [4.78, 5) is 4.06. The molecule has 0 N–H and O–H groups in total. The van der Waals surface area contributed by atoms with Crippen LogP contribution in [0.4, 0.5) is 4.39 Å². The molecule has 0 aliphatic rings. The van der Waals surface area contributed by atoms with Gasteiger partial charge in [-0.3, -0.25) is 0 Å². The molecule has 3 nitrogen and oxygen atoms in total. The van der Waals surface area contributed by atoms with Crippen LogP contribution in [0.2, 0.25) is 0 Å². The third kappa shape index (κ3) is 1.27. The number of fused-ring (bicyclic) bond motifs is 1. The number of benzene rings is 1. The Kier molecular flexibility index (Phi) is 1.93. The van der Waals surface area contributed by atoms with Crippen molar-refractivity contribution in [2.75, 3.05) is 0 Å². The van der Waals surface area contributed by atoms with Gasteiger partial charge in [0.25, 0.3) is 0 Å². The molecule has 0 aliphatic carbocycles. The Morgan fingerprint density at radius 3 is 2.75 bits per heavy atom. The van der Waals surface area contributed by atoms with Crippen LogP contribution in [0.5, 0.6) is 0 Å². The van der Waals surface area contributed by atoms with Crippen LogP contribution in [0.25, 0.3) is 16.9 Å². The second-order valence-electron chi connectivity index (χ2n) is 3.42. The third-order valence-corrected chi connectivity index (χ3v) is 2.45. The van der Waals surface area contributed by atoms with E-state index in [-0.39, 0.29) is 5.82 Å². The van der Waals surface area contributed by atoms with Gasteiger partial charge < -0.3 is 0 Å². The van der Waals surface area contributed by atoms with E-state index in [9.17, 15) is 4.39 Å². The van der Waals surface area contributed by atoms with E-state index in [1.54, 1.807) is 22.7 Å². The van der Waals surface area contributed by atoms with Crippen molar-refractivity contribution < 1.29 is 4.39 Å². The second kappa shape index (κ2) is 3.41. The van der Waals surface area contributed by atoms with Crippen molar-refractivity contribution in [2.45, 2.75) is 0 Å². The third-order valence-electron chi connectivity index (χ3n) is 2.45. The molecule has 1 aromatic carbocycles. The highest BCUT2D eigenvalue weighted by Crippen LogP contribution is 2.22. The first-order valence-electron chi connectivity index (χ1n) is 4.90. The fourth-order valence-electron chi connectivity index (χ4n) is 1.72. The van der Waals surface area contributed by atoms with Crippen molar-refractivity contribution in [3.8, 4) is 11.3 Å². The zero-order valence-electron chi connectivity index (χ0n) is 8.34. The largest absolute Gasteiger partial charge is 0.215 e. The predicted octanol–water partition coefficient (Wildman–Crippen LogP) is 2.54. The van der Waals surface area contributed by atoms with E-state index in [4.69, 9.17) is 0 Å². The van der Waals surface area contributed by atoms with Crippen molar-refractivity contribution in [2.24, 2.45) is 0 Å². The van der Waals surface area contributed by atoms with Gasteiger partial charge in [-0.15, -0.1) is 0 Å². The molecule has 4 heteroatoms. The molecule has 0 saturated carbocycles. The minimum atomic E-state index is -0.259. The lowest BCUT2D eigenvalue weighted by atomic mass is 10.1. The summed E-state index contributed by atoms with van der Waals surface area (Å²) >= 11 is 0. The smallest absolute Gasteiger partial charge is 0.155 e. The number of hydrogen-bond acceptors (Lipinski definition) is 2. The monoisotopic (exact) mass is 213 g/mol. The summed E-state index contributed by atoms with van der Waals surface area (Å²) in [6.07, 6.45) is 1.46. The molecule has 3 rings (SSSR count). The van der Waals surface area contributed by atoms with Gasteiger partial charge in [0, 0.05) is 5.56 Å². The number of rotatable bonds is 1. The summed E-state index contributed by atoms with van der Waals surface area (Å²) in [5.41, 5.74) is 1.94. The van der Waals surface area contributed by atoms with Crippen LogP contribution < -0.4 is 0 Å². The number of halogens is 1. The molecule has 3 aromatic rings. The summed E-state index contributed by atoms with van der Waals surface area (Å²) < 4.78 is 15.3. The average Bonchev–Trinajstić information content (AvgIpc) is 2.77. The first kappa shape index (κ1) is 9.03. The van der Waals surface area contributed by atoms with Crippen LogP contribution >= 0.6 is 0 Å². The molecule has 16 heavy (non-hydrogen) atoms. The average molecular weight is 213 g/mol. The normalized spacial score (nSPS) is 10.8. The zero-order chi connectivity index (χ0) is 11.0. The molecule has 0 aliphatic heterocycles. The molecule has 0 bridgehead atoms. The Morgan fingerprint density at radius 2 is 1.88 bits per heavy atom. The van der Waals surface area contributed by atoms with Gasteiger partial charge >= 0.3 is 0 Å². The van der Waals surface area contributed by atoms with Gasteiger partial charge in [0.2, 0.25) is 0 Å². The Bertz CT molecular complexity index is 645. The molecule has 0 spiro atoms. The van der Waals surface area contributed by atoms with Gasteiger partial charge in [0.05, 0.1) is 5.69 Å². The molecule has 0 unspecified atom stereocenters. The lowest BCUT2D eigenvalue weighted by molar-refractivity contribution is 0.630. The molecule has 2 heterocycles. The molecule has 2 aromatic heterocycles. The first-order valence-corrected chi connectivity index (χ1v) is 4.90. The lowest BCUT2D eigenvalue weighted by Crippen LogP contribution is -1.95. The summed E-state index contributed by atoms with van der Waals surface area (Å²) in [5, 5.41) is 4.08. The first-order chi connectivity index (χ1) is 7.86. The number of hydrogen-bond donors (Lipinski definition) is 0. The van der Waals surface area contributed by atoms with Gasteiger partial charge in [-0.1, -0.05) is 18.2 Å². The summed E-state index contributed by atoms with van der Waals surface area (Å²) in [6, 6.07) is 12.1. The highest BCUT2D eigenvalue weighted by molar-refractivity contribution is 5.63. The zero-order valence-corrected chi connectivity index (χ0v) is 8.34. The van der Waals surface area contributed by atoms with Crippen LogP contribution in [0.15, 0.2) is 48.8 Å². The lowest BCUT2D eigenvalue weighted by Gasteiger charge is -2.04. The number of aromatic nitrogens is 3. The van der Waals surface area contributed by atoms with Crippen molar-refractivity contribution in [1.82, 2.24) is 14.6 Å². The number of pyridine rings is 1. The molecule has 0 radical (unpaired) electrons. The maximum atomic E-state index is 13.6. The fraction of sp³-hybridized carbons (Fsp3) is 0. The van der Waals surface area contributed by atoms with Gasteiger partial charge in [-0.25, -0.2) is 13.9 Å². The van der Waals surface area contributed by atoms with Crippen molar-refractivity contribution in [3.05, 3.63) is 54.6 Å². The maximum absolute atomic E-state index is 13.6.